The summed E-state index contributed by atoms with van der Waals surface area (Å²) in [7, 11) is 2.09. The number of nitrogens with one attached hydrogen (secondary N) is 1. The summed E-state index contributed by atoms with van der Waals surface area (Å²) in [4.78, 5) is 17.7. The highest BCUT2D eigenvalue weighted by atomic mass is 16.4. The Morgan fingerprint density at radius 3 is 2.79 bits per heavy atom. The van der Waals surface area contributed by atoms with Gasteiger partial charge >= 0.3 is 5.97 Å². The number of rotatable bonds is 6. The van der Waals surface area contributed by atoms with Gasteiger partial charge in [-0.25, -0.2) is 4.79 Å². The van der Waals surface area contributed by atoms with Crippen molar-refractivity contribution in [2.24, 2.45) is 0 Å². The van der Waals surface area contributed by atoms with Crippen LogP contribution in [0.4, 0.5) is 17.1 Å². The van der Waals surface area contributed by atoms with E-state index >= 15 is 0 Å². The minimum Gasteiger partial charge on any atom is -0.478 e. The first-order valence-electron chi connectivity index (χ1n) is 9.96. The van der Waals surface area contributed by atoms with Gasteiger partial charge in [0.1, 0.15) is 0 Å². The summed E-state index contributed by atoms with van der Waals surface area (Å²) >= 11 is 0. The Kier molecular flexibility index (Phi) is 5.47. The second-order valence-electron chi connectivity index (χ2n) is 7.47. The van der Waals surface area contributed by atoms with Gasteiger partial charge in [0.15, 0.2) is 0 Å². The standard InChI is InChI=1S/C24H25N3O2/c1-27(19-8-3-2-4-9-19)20-10-11-21-17(14-20)6-5-7-18(21)15-26-23-16-25-13-12-22(23)24(28)29/h2-4,8-14,16,18,26H,5-7,15H2,1H3,(H,28,29). The maximum atomic E-state index is 11.4. The second kappa shape index (κ2) is 8.35. The van der Waals surface area contributed by atoms with E-state index in [0.29, 0.717) is 18.2 Å². The van der Waals surface area contributed by atoms with Gasteiger partial charge in [0.05, 0.1) is 17.4 Å². The van der Waals surface area contributed by atoms with Crippen molar-refractivity contribution >= 4 is 23.0 Å². The van der Waals surface area contributed by atoms with E-state index in [0.717, 1.165) is 19.3 Å². The number of aromatic carboxylic acids is 1. The van der Waals surface area contributed by atoms with E-state index < -0.39 is 5.97 Å². The molecule has 29 heavy (non-hydrogen) atoms. The number of aryl methyl sites for hydroxylation is 1. The second-order valence-corrected chi connectivity index (χ2v) is 7.47. The summed E-state index contributed by atoms with van der Waals surface area (Å²) in [5.74, 6) is -0.579. The largest absolute Gasteiger partial charge is 0.478 e. The Morgan fingerprint density at radius 1 is 1.17 bits per heavy atom. The lowest BCUT2D eigenvalue weighted by Crippen LogP contribution is -2.20. The van der Waals surface area contributed by atoms with Crippen LogP contribution in [0, 0.1) is 0 Å². The van der Waals surface area contributed by atoms with Gasteiger partial charge in [-0.05, 0) is 60.7 Å². The van der Waals surface area contributed by atoms with Crippen molar-refractivity contribution in [1.29, 1.82) is 0 Å². The number of fused-ring (bicyclic) bond motifs is 1. The molecule has 5 nitrogen and oxygen atoms in total. The van der Waals surface area contributed by atoms with Gasteiger partial charge in [0.2, 0.25) is 0 Å². The smallest absolute Gasteiger partial charge is 0.337 e. The molecule has 3 aromatic rings. The highest BCUT2D eigenvalue weighted by molar-refractivity contribution is 5.93. The number of carboxylic acids is 1. The molecule has 1 atom stereocenters. The number of aromatic nitrogens is 1. The van der Waals surface area contributed by atoms with Crippen molar-refractivity contribution in [3.8, 4) is 0 Å². The lowest BCUT2D eigenvalue weighted by atomic mass is 9.82. The number of benzene rings is 2. The zero-order valence-corrected chi connectivity index (χ0v) is 16.5. The van der Waals surface area contributed by atoms with Crippen LogP contribution in [0.25, 0.3) is 0 Å². The van der Waals surface area contributed by atoms with E-state index in [9.17, 15) is 9.90 Å². The highest BCUT2D eigenvalue weighted by Crippen LogP contribution is 2.35. The quantitative estimate of drug-likeness (QED) is 0.617. The van der Waals surface area contributed by atoms with Crippen molar-refractivity contribution in [2.45, 2.75) is 25.2 Å². The SMILES string of the molecule is CN(c1ccccc1)c1ccc2c(c1)CCCC2CNc1cnccc1C(=O)O. The first-order valence-corrected chi connectivity index (χ1v) is 9.96. The molecule has 0 spiro atoms. The Morgan fingerprint density at radius 2 is 2.00 bits per heavy atom. The van der Waals surface area contributed by atoms with Crippen LogP contribution >= 0.6 is 0 Å². The van der Waals surface area contributed by atoms with Crippen LogP contribution in [0.2, 0.25) is 0 Å². The fraction of sp³-hybridized carbons (Fsp3) is 0.250. The van der Waals surface area contributed by atoms with Crippen LogP contribution in [0.3, 0.4) is 0 Å². The van der Waals surface area contributed by atoms with E-state index in [4.69, 9.17) is 0 Å². The van der Waals surface area contributed by atoms with Gasteiger partial charge in [-0.1, -0.05) is 24.3 Å². The average molecular weight is 387 g/mol. The van der Waals surface area contributed by atoms with Crippen molar-refractivity contribution in [3.63, 3.8) is 0 Å². The third-order valence-electron chi connectivity index (χ3n) is 5.69. The maximum Gasteiger partial charge on any atom is 0.337 e. The van der Waals surface area contributed by atoms with Crippen molar-refractivity contribution < 1.29 is 9.90 Å². The number of pyridine rings is 1. The maximum absolute atomic E-state index is 11.4. The van der Waals surface area contributed by atoms with Crippen molar-refractivity contribution in [2.75, 3.05) is 23.8 Å². The molecule has 1 aliphatic rings. The van der Waals surface area contributed by atoms with Crippen LogP contribution in [0.5, 0.6) is 0 Å². The third-order valence-corrected chi connectivity index (χ3v) is 5.69. The predicted octanol–water partition coefficient (Wildman–Crippen LogP) is 5.08. The predicted molar refractivity (Wildman–Crippen MR) is 116 cm³/mol. The van der Waals surface area contributed by atoms with Gasteiger partial charge in [0, 0.05) is 37.1 Å². The Labute approximate surface area is 171 Å². The number of carbonyl (C=O) groups is 1. The van der Waals surface area contributed by atoms with Crippen LogP contribution < -0.4 is 10.2 Å². The number of anilines is 3. The molecule has 1 heterocycles. The molecule has 0 saturated heterocycles. The molecule has 1 aromatic heterocycles. The normalized spacial score (nSPS) is 15.4. The summed E-state index contributed by atoms with van der Waals surface area (Å²) < 4.78 is 0. The Bertz CT molecular complexity index is 1000. The molecule has 0 amide bonds. The molecule has 0 radical (unpaired) electrons. The molecule has 1 unspecified atom stereocenters. The van der Waals surface area contributed by atoms with E-state index in [2.05, 4.69) is 64.7 Å². The molecule has 4 rings (SSSR count). The zero-order chi connectivity index (χ0) is 20.2. The highest BCUT2D eigenvalue weighted by Gasteiger charge is 2.22. The number of carboxylic acid groups (broad SMARTS) is 1. The minimum atomic E-state index is -0.937. The first-order chi connectivity index (χ1) is 14.1. The molecule has 0 fully saturated rings. The Hall–Kier alpha value is -3.34. The molecule has 0 saturated carbocycles. The average Bonchev–Trinajstić information content (AvgIpc) is 2.77. The zero-order valence-electron chi connectivity index (χ0n) is 16.5. The molecule has 0 bridgehead atoms. The van der Waals surface area contributed by atoms with Crippen LogP contribution in [-0.2, 0) is 6.42 Å². The molecule has 0 aliphatic heterocycles. The van der Waals surface area contributed by atoms with Crippen molar-refractivity contribution in [1.82, 2.24) is 4.98 Å². The lowest BCUT2D eigenvalue weighted by molar-refractivity contribution is 0.0698. The molecule has 1 aliphatic carbocycles. The summed E-state index contributed by atoms with van der Waals surface area (Å²) in [6.07, 6.45) is 6.41. The molecular weight excluding hydrogens is 362 g/mol. The van der Waals surface area contributed by atoms with E-state index in [-0.39, 0.29) is 5.56 Å². The van der Waals surface area contributed by atoms with Gasteiger partial charge < -0.3 is 15.3 Å². The summed E-state index contributed by atoms with van der Waals surface area (Å²) in [6.45, 7) is 0.701. The molecule has 2 aromatic carbocycles. The minimum absolute atomic E-state index is 0.260. The monoisotopic (exact) mass is 387 g/mol. The summed E-state index contributed by atoms with van der Waals surface area (Å²) in [6, 6.07) is 18.6. The molecule has 148 valence electrons. The number of para-hydroxylation sites is 1. The van der Waals surface area contributed by atoms with Crippen LogP contribution in [0.15, 0.2) is 67.0 Å². The Balaban J connectivity index is 1.53. The van der Waals surface area contributed by atoms with Gasteiger partial charge in [-0.2, -0.15) is 0 Å². The molecule has 5 heteroatoms. The fourth-order valence-corrected chi connectivity index (χ4v) is 4.08. The van der Waals surface area contributed by atoms with E-state index in [1.165, 1.54) is 34.8 Å². The van der Waals surface area contributed by atoms with Crippen molar-refractivity contribution in [3.05, 3.63) is 83.7 Å². The van der Waals surface area contributed by atoms with Gasteiger partial charge in [-0.15, -0.1) is 0 Å². The topological polar surface area (TPSA) is 65.5 Å². The van der Waals surface area contributed by atoms with E-state index in [1.54, 1.807) is 6.20 Å². The fourth-order valence-electron chi connectivity index (χ4n) is 4.08. The third kappa shape index (κ3) is 4.09. The number of nitrogens with zero attached hydrogens (tertiary/aromatic N) is 2. The van der Waals surface area contributed by atoms with Crippen LogP contribution in [-0.4, -0.2) is 29.7 Å². The number of hydrogen-bond donors (Lipinski definition) is 2. The van der Waals surface area contributed by atoms with Gasteiger partial charge in [0.25, 0.3) is 0 Å². The summed E-state index contributed by atoms with van der Waals surface area (Å²) in [5.41, 5.74) is 5.93. The molecule has 2 N–H and O–H groups in total. The number of hydrogen-bond acceptors (Lipinski definition) is 4. The van der Waals surface area contributed by atoms with E-state index in [1.807, 2.05) is 6.07 Å². The van der Waals surface area contributed by atoms with Crippen LogP contribution in [0.1, 0.15) is 40.2 Å². The van der Waals surface area contributed by atoms with Gasteiger partial charge in [-0.3, -0.25) is 4.98 Å². The summed E-state index contributed by atoms with van der Waals surface area (Å²) in [5, 5.41) is 12.7. The molecular formula is C24H25N3O2. The lowest BCUT2D eigenvalue weighted by Gasteiger charge is -2.28. The first kappa shape index (κ1) is 19.0.